The minimum absolute atomic E-state index is 0.00223. The number of hydrogen-bond donors (Lipinski definition) is 1. The van der Waals surface area contributed by atoms with Crippen LogP contribution in [-0.4, -0.2) is 28.3 Å². The number of thioether (sulfide) groups is 1. The summed E-state index contributed by atoms with van der Waals surface area (Å²) in [7, 11) is 1.52. The van der Waals surface area contributed by atoms with Crippen molar-refractivity contribution in [3.05, 3.63) is 52.7 Å². The average molecular weight is 338 g/mol. The molecule has 0 atom stereocenters. The number of hydrogen-bond acceptors (Lipinski definition) is 5. The Kier molecular flexibility index (Phi) is 5.41. The van der Waals surface area contributed by atoms with Gasteiger partial charge in [-0.3, -0.25) is 4.79 Å². The summed E-state index contributed by atoms with van der Waals surface area (Å²) >= 11 is 6.84. The van der Waals surface area contributed by atoms with Crippen LogP contribution >= 0.6 is 23.4 Å². The zero-order valence-electron chi connectivity index (χ0n) is 11.6. The summed E-state index contributed by atoms with van der Waals surface area (Å²) in [6.45, 7) is 0. The van der Waals surface area contributed by atoms with Crippen LogP contribution in [0.2, 0.25) is 5.02 Å². The van der Waals surface area contributed by atoms with Crippen LogP contribution in [0, 0.1) is 0 Å². The van der Waals surface area contributed by atoms with E-state index in [-0.39, 0.29) is 22.1 Å². The fourth-order valence-electron chi connectivity index (χ4n) is 1.75. The molecular weight excluding hydrogens is 326 g/mol. The number of carboxylic acids is 1. The second-order valence-electron chi connectivity index (χ2n) is 4.27. The molecule has 1 N–H and O–H groups in total. The van der Waals surface area contributed by atoms with Crippen molar-refractivity contribution < 1.29 is 19.4 Å². The molecule has 1 aromatic heterocycles. The van der Waals surface area contributed by atoms with Crippen molar-refractivity contribution in [2.75, 3.05) is 7.11 Å². The Morgan fingerprint density at radius 3 is 2.82 bits per heavy atom. The van der Waals surface area contributed by atoms with Gasteiger partial charge >= 0.3 is 5.97 Å². The molecule has 0 saturated carbocycles. The van der Waals surface area contributed by atoms with Crippen molar-refractivity contribution in [1.82, 2.24) is 4.98 Å². The zero-order chi connectivity index (χ0) is 16.1. The van der Waals surface area contributed by atoms with E-state index in [1.54, 1.807) is 18.2 Å². The third-order valence-corrected chi connectivity index (χ3v) is 4.06. The molecule has 0 aliphatic heterocycles. The number of carboxylic acid groups (broad SMARTS) is 1. The van der Waals surface area contributed by atoms with Crippen LogP contribution in [0.3, 0.4) is 0 Å². The molecule has 0 radical (unpaired) electrons. The number of pyridine rings is 1. The van der Waals surface area contributed by atoms with Gasteiger partial charge in [-0.15, -0.1) is 0 Å². The molecular formula is C15H12ClNO4S. The topological polar surface area (TPSA) is 76.5 Å². The van der Waals surface area contributed by atoms with E-state index in [1.165, 1.54) is 25.4 Å². The molecule has 22 heavy (non-hydrogen) atoms. The molecule has 1 aromatic carbocycles. The van der Waals surface area contributed by atoms with E-state index >= 15 is 0 Å². The maximum Gasteiger partial charge on any atom is 0.338 e. The van der Waals surface area contributed by atoms with Gasteiger partial charge in [0.15, 0.2) is 5.12 Å². The lowest BCUT2D eigenvalue weighted by atomic mass is 10.1. The Hall–Kier alpha value is -2.05. The Bertz CT molecular complexity index is 720. The molecule has 0 fully saturated rings. The molecule has 5 nitrogen and oxygen atoms in total. The van der Waals surface area contributed by atoms with Gasteiger partial charge in [0.25, 0.3) is 0 Å². The van der Waals surface area contributed by atoms with Crippen molar-refractivity contribution in [2.24, 2.45) is 0 Å². The van der Waals surface area contributed by atoms with E-state index in [9.17, 15) is 9.59 Å². The molecule has 1 heterocycles. The third-order valence-electron chi connectivity index (χ3n) is 2.80. The van der Waals surface area contributed by atoms with Gasteiger partial charge in [-0.2, -0.15) is 0 Å². The molecule has 2 rings (SSSR count). The summed E-state index contributed by atoms with van der Waals surface area (Å²) in [4.78, 5) is 27.2. The highest BCUT2D eigenvalue weighted by Crippen LogP contribution is 2.27. The van der Waals surface area contributed by atoms with Crippen LogP contribution in [-0.2, 0) is 11.2 Å². The minimum atomic E-state index is -1.12. The highest BCUT2D eigenvalue weighted by Gasteiger charge is 2.16. The van der Waals surface area contributed by atoms with Crippen molar-refractivity contribution in [3.63, 3.8) is 0 Å². The number of rotatable bonds is 5. The summed E-state index contributed by atoms with van der Waals surface area (Å²) in [5.74, 6) is -0.524. The van der Waals surface area contributed by atoms with Crippen LogP contribution < -0.4 is 4.74 Å². The SMILES string of the molecule is COc1ccc(Cl)c(CC(=O)Sc2ncccc2C(=O)O)c1. The van der Waals surface area contributed by atoms with Crippen LogP contribution in [0.15, 0.2) is 41.6 Å². The van der Waals surface area contributed by atoms with Gasteiger partial charge in [0.1, 0.15) is 10.8 Å². The highest BCUT2D eigenvalue weighted by molar-refractivity contribution is 8.13. The first-order valence-electron chi connectivity index (χ1n) is 6.22. The maximum absolute atomic E-state index is 12.1. The van der Waals surface area contributed by atoms with Gasteiger partial charge < -0.3 is 9.84 Å². The number of ether oxygens (including phenoxy) is 1. The summed E-state index contributed by atoms with van der Waals surface area (Å²) < 4.78 is 5.09. The van der Waals surface area contributed by atoms with Crippen molar-refractivity contribution in [3.8, 4) is 5.75 Å². The number of methoxy groups -OCH3 is 1. The van der Waals surface area contributed by atoms with E-state index in [2.05, 4.69) is 4.98 Å². The normalized spacial score (nSPS) is 10.3. The van der Waals surface area contributed by atoms with E-state index in [1.807, 2.05) is 0 Å². The number of halogens is 1. The lowest BCUT2D eigenvalue weighted by Crippen LogP contribution is -2.04. The standard InChI is InChI=1S/C15H12ClNO4S/c1-21-10-4-5-12(16)9(7-10)8-13(18)22-14-11(15(19)20)3-2-6-17-14/h2-7H,8H2,1H3,(H,19,20). The second-order valence-corrected chi connectivity index (χ2v) is 5.72. The lowest BCUT2D eigenvalue weighted by Gasteiger charge is -2.07. The number of carbonyl (C=O) groups excluding carboxylic acids is 1. The summed E-state index contributed by atoms with van der Waals surface area (Å²) in [6.07, 6.45) is 1.50. The zero-order valence-corrected chi connectivity index (χ0v) is 13.1. The second kappa shape index (κ2) is 7.29. The quantitative estimate of drug-likeness (QED) is 0.843. The molecule has 0 spiro atoms. The summed E-state index contributed by atoms with van der Waals surface area (Å²) in [5, 5.41) is 9.44. The van der Waals surface area contributed by atoms with Crippen molar-refractivity contribution in [1.29, 1.82) is 0 Å². The fraction of sp³-hybridized carbons (Fsp3) is 0.133. The summed E-state index contributed by atoms with van der Waals surface area (Å²) in [5.41, 5.74) is 0.615. The first-order valence-corrected chi connectivity index (χ1v) is 7.42. The molecule has 0 unspecified atom stereocenters. The molecule has 0 amide bonds. The van der Waals surface area contributed by atoms with Gasteiger partial charge in [0.05, 0.1) is 12.7 Å². The molecule has 7 heteroatoms. The van der Waals surface area contributed by atoms with Gasteiger partial charge in [-0.05, 0) is 47.7 Å². The Morgan fingerprint density at radius 1 is 1.36 bits per heavy atom. The van der Waals surface area contributed by atoms with Crippen LogP contribution in [0.25, 0.3) is 0 Å². The van der Waals surface area contributed by atoms with Crippen molar-refractivity contribution in [2.45, 2.75) is 11.4 Å². The van der Waals surface area contributed by atoms with Gasteiger partial charge in [0, 0.05) is 17.6 Å². The fourth-order valence-corrected chi connectivity index (χ4v) is 2.75. The van der Waals surface area contributed by atoms with E-state index in [4.69, 9.17) is 21.4 Å². The van der Waals surface area contributed by atoms with Crippen molar-refractivity contribution >= 4 is 34.4 Å². The third kappa shape index (κ3) is 3.99. The van der Waals surface area contributed by atoms with Crippen LogP contribution in [0.4, 0.5) is 0 Å². The Morgan fingerprint density at radius 2 is 2.14 bits per heavy atom. The predicted molar refractivity (Wildman–Crippen MR) is 83.8 cm³/mol. The molecule has 0 aliphatic rings. The van der Waals surface area contributed by atoms with Gasteiger partial charge in [0.2, 0.25) is 0 Å². The van der Waals surface area contributed by atoms with Crippen LogP contribution in [0.5, 0.6) is 5.75 Å². The number of aromatic nitrogens is 1. The number of aromatic carboxylic acids is 1. The maximum atomic E-state index is 12.1. The highest BCUT2D eigenvalue weighted by atomic mass is 35.5. The Balaban J connectivity index is 2.16. The molecule has 0 saturated heterocycles. The van der Waals surface area contributed by atoms with Gasteiger partial charge in [-0.25, -0.2) is 9.78 Å². The molecule has 114 valence electrons. The minimum Gasteiger partial charge on any atom is -0.497 e. The lowest BCUT2D eigenvalue weighted by molar-refractivity contribution is -0.110. The predicted octanol–water partition coefficient (Wildman–Crippen LogP) is 3.30. The average Bonchev–Trinajstić information content (AvgIpc) is 2.49. The molecule has 0 aliphatic carbocycles. The van der Waals surface area contributed by atoms with Crippen LogP contribution in [0.1, 0.15) is 15.9 Å². The first kappa shape index (κ1) is 16.3. The molecule has 0 bridgehead atoms. The number of carbonyl (C=O) groups is 2. The smallest absolute Gasteiger partial charge is 0.338 e. The monoisotopic (exact) mass is 337 g/mol. The summed E-state index contributed by atoms with van der Waals surface area (Å²) in [6, 6.07) is 7.94. The largest absolute Gasteiger partial charge is 0.497 e. The first-order chi connectivity index (χ1) is 10.5. The van der Waals surface area contributed by atoms with E-state index in [0.717, 1.165) is 11.8 Å². The van der Waals surface area contributed by atoms with Gasteiger partial charge in [-0.1, -0.05) is 11.6 Å². The Labute approximate surface area is 136 Å². The number of nitrogens with zero attached hydrogens (tertiary/aromatic N) is 1. The molecule has 2 aromatic rings. The number of benzene rings is 1. The van der Waals surface area contributed by atoms with E-state index < -0.39 is 5.97 Å². The van der Waals surface area contributed by atoms with E-state index in [0.29, 0.717) is 16.3 Å².